The third-order valence-electron chi connectivity index (χ3n) is 5.21. The molecular formula is C25H20N2O5S. The molecule has 0 aliphatic heterocycles. The number of carboxylic acid groups (broad SMARTS) is 1. The molecule has 0 atom stereocenters. The minimum Gasteiger partial charge on any atom is -0.497 e. The molecule has 8 heteroatoms. The molecule has 0 bridgehead atoms. The van der Waals surface area contributed by atoms with E-state index in [9.17, 15) is 19.5 Å². The van der Waals surface area contributed by atoms with Gasteiger partial charge in [0.2, 0.25) is 0 Å². The van der Waals surface area contributed by atoms with Gasteiger partial charge in [0.1, 0.15) is 10.6 Å². The van der Waals surface area contributed by atoms with Crippen LogP contribution < -0.4 is 16.0 Å². The largest absolute Gasteiger partial charge is 0.497 e. The first-order valence-electron chi connectivity index (χ1n) is 10.1. The summed E-state index contributed by atoms with van der Waals surface area (Å²) in [6, 6.07) is 14.0. The molecule has 1 N–H and O–H groups in total. The molecule has 7 nitrogen and oxygen atoms in total. The summed E-state index contributed by atoms with van der Waals surface area (Å²) in [7, 11) is 1.61. The molecule has 0 aliphatic rings. The number of benzene rings is 2. The number of rotatable bonds is 5. The van der Waals surface area contributed by atoms with Crippen LogP contribution in [0.2, 0.25) is 0 Å². The highest BCUT2D eigenvalue weighted by Crippen LogP contribution is 2.18. The van der Waals surface area contributed by atoms with Crippen molar-refractivity contribution in [3.63, 3.8) is 0 Å². The Morgan fingerprint density at radius 3 is 2.70 bits per heavy atom. The zero-order valence-electron chi connectivity index (χ0n) is 18.0. The lowest BCUT2D eigenvalue weighted by atomic mass is 10.1. The number of fused-ring (bicyclic) bond motifs is 1. The van der Waals surface area contributed by atoms with E-state index in [0.717, 1.165) is 15.9 Å². The number of ether oxygens (including phenoxy) is 1. The van der Waals surface area contributed by atoms with E-state index >= 15 is 0 Å². The Hall–Kier alpha value is -4.09. The van der Waals surface area contributed by atoms with Gasteiger partial charge in [-0.3, -0.25) is 13.8 Å². The fraction of sp³-hybridized carbons (Fsp3) is 0.160. The summed E-state index contributed by atoms with van der Waals surface area (Å²) in [5, 5.41) is 9.41. The Labute approximate surface area is 193 Å². The summed E-state index contributed by atoms with van der Waals surface area (Å²) in [5.74, 6) is 5.81. The quantitative estimate of drug-likeness (QED) is 0.462. The van der Waals surface area contributed by atoms with Crippen molar-refractivity contribution in [2.75, 3.05) is 7.11 Å². The molecule has 0 unspecified atom stereocenters. The molecule has 2 aromatic heterocycles. The molecule has 33 heavy (non-hydrogen) atoms. The van der Waals surface area contributed by atoms with Crippen molar-refractivity contribution >= 4 is 22.1 Å². The van der Waals surface area contributed by atoms with Crippen molar-refractivity contribution < 1.29 is 14.6 Å². The molecule has 2 heterocycles. The van der Waals surface area contributed by atoms with E-state index < -0.39 is 17.2 Å². The average Bonchev–Trinajstić information content (AvgIpc) is 3.25. The number of aromatic carboxylic acids is 1. The van der Waals surface area contributed by atoms with Gasteiger partial charge in [-0.1, -0.05) is 42.2 Å². The normalized spacial score (nSPS) is 10.6. The second-order valence-corrected chi connectivity index (χ2v) is 8.39. The molecule has 4 aromatic rings. The lowest BCUT2D eigenvalue weighted by Crippen LogP contribution is -2.38. The number of hydrogen-bond donors (Lipinski definition) is 1. The van der Waals surface area contributed by atoms with Crippen molar-refractivity contribution in [3.8, 4) is 17.6 Å². The van der Waals surface area contributed by atoms with Crippen LogP contribution in [0.25, 0.3) is 4.83 Å². The van der Waals surface area contributed by atoms with Gasteiger partial charge in [0.15, 0.2) is 0 Å². The lowest BCUT2D eigenvalue weighted by molar-refractivity contribution is 0.0695. The van der Waals surface area contributed by atoms with Gasteiger partial charge in [-0.05, 0) is 36.2 Å². The Bertz CT molecular complexity index is 1550. The van der Waals surface area contributed by atoms with E-state index in [2.05, 4.69) is 11.8 Å². The summed E-state index contributed by atoms with van der Waals surface area (Å²) in [6.45, 7) is 1.53. The standard InChI is InChI=1S/C25H20N2O5S/c1-16-22(28)26(14-18-9-3-4-12-21(18)24(29)30)25(31)27-15-20(33-23(16)27)11-6-8-17-7-5-10-19(13-17)32-2/h3-5,7,9-10,12-13,15H,8,14H2,1-2H3,(H,29,30). The predicted octanol–water partition coefficient (Wildman–Crippen LogP) is 3.18. The molecule has 0 spiro atoms. The topological polar surface area (TPSA) is 90.0 Å². The van der Waals surface area contributed by atoms with Crippen molar-refractivity contribution in [3.05, 3.63) is 103 Å². The van der Waals surface area contributed by atoms with Gasteiger partial charge in [-0.25, -0.2) is 9.59 Å². The molecule has 0 saturated carbocycles. The van der Waals surface area contributed by atoms with Crippen LogP contribution in [0.5, 0.6) is 5.75 Å². The van der Waals surface area contributed by atoms with E-state index in [0.29, 0.717) is 27.3 Å². The maximum absolute atomic E-state index is 13.1. The lowest BCUT2D eigenvalue weighted by Gasteiger charge is -2.09. The number of nitrogens with zero attached hydrogens (tertiary/aromatic N) is 2. The number of methoxy groups -OCH3 is 1. The van der Waals surface area contributed by atoms with Crippen molar-refractivity contribution in [2.24, 2.45) is 0 Å². The van der Waals surface area contributed by atoms with Gasteiger partial charge in [0.25, 0.3) is 5.56 Å². The molecule has 166 valence electrons. The highest BCUT2D eigenvalue weighted by atomic mass is 32.1. The summed E-state index contributed by atoms with van der Waals surface area (Å²) < 4.78 is 7.69. The predicted molar refractivity (Wildman–Crippen MR) is 127 cm³/mol. The van der Waals surface area contributed by atoms with Crippen LogP contribution in [0.15, 0.2) is 64.3 Å². The number of aromatic nitrogens is 2. The third-order valence-corrected chi connectivity index (χ3v) is 6.33. The van der Waals surface area contributed by atoms with Gasteiger partial charge >= 0.3 is 11.7 Å². The first-order valence-corrected chi connectivity index (χ1v) is 10.9. The smallest absolute Gasteiger partial charge is 0.336 e. The van der Waals surface area contributed by atoms with E-state index in [4.69, 9.17) is 4.74 Å². The van der Waals surface area contributed by atoms with E-state index in [-0.39, 0.29) is 12.1 Å². The number of carbonyl (C=O) groups is 1. The van der Waals surface area contributed by atoms with Crippen LogP contribution in [-0.4, -0.2) is 27.2 Å². The number of thiazole rings is 1. The molecule has 2 aromatic carbocycles. The highest BCUT2D eigenvalue weighted by molar-refractivity contribution is 7.18. The minimum atomic E-state index is -1.11. The zero-order valence-corrected chi connectivity index (χ0v) is 18.8. The maximum Gasteiger partial charge on any atom is 0.336 e. The van der Waals surface area contributed by atoms with Crippen LogP contribution in [0.4, 0.5) is 0 Å². The highest BCUT2D eigenvalue weighted by Gasteiger charge is 2.16. The monoisotopic (exact) mass is 460 g/mol. The van der Waals surface area contributed by atoms with Gasteiger partial charge in [-0.15, -0.1) is 11.3 Å². The fourth-order valence-corrected chi connectivity index (χ4v) is 4.48. The third kappa shape index (κ3) is 4.45. The van der Waals surface area contributed by atoms with E-state index in [1.807, 2.05) is 24.3 Å². The second-order valence-electron chi connectivity index (χ2n) is 7.36. The van der Waals surface area contributed by atoms with E-state index in [1.54, 1.807) is 38.4 Å². The molecular weight excluding hydrogens is 440 g/mol. The van der Waals surface area contributed by atoms with Crippen LogP contribution in [-0.2, 0) is 13.0 Å². The van der Waals surface area contributed by atoms with Crippen LogP contribution in [0.3, 0.4) is 0 Å². The molecule has 0 amide bonds. The molecule has 4 rings (SSSR count). The second kappa shape index (κ2) is 9.18. The van der Waals surface area contributed by atoms with Crippen LogP contribution >= 0.6 is 11.3 Å². The van der Waals surface area contributed by atoms with Crippen LogP contribution in [0.1, 0.15) is 31.9 Å². The first kappa shape index (κ1) is 22.1. The number of hydrogen-bond acceptors (Lipinski definition) is 5. The molecule has 0 saturated heterocycles. The van der Waals surface area contributed by atoms with Crippen molar-refractivity contribution in [2.45, 2.75) is 19.9 Å². The number of aryl methyl sites for hydroxylation is 1. The van der Waals surface area contributed by atoms with Gasteiger partial charge in [-0.2, -0.15) is 0 Å². The molecule has 0 aliphatic carbocycles. The summed E-state index contributed by atoms with van der Waals surface area (Å²) in [4.78, 5) is 38.7. The van der Waals surface area contributed by atoms with Gasteiger partial charge in [0.05, 0.1) is 24.1 Å². The van der Waals surface area contributed by atoms with Crippen molar-refractivity contribution in [1.29, 1.82) is 0 Å². The van der Waals surface area contributed by atoms with Crippen LogP contribution in [0, 0.1) is 18.8 Å². The van der Waals surface area contributed by atoms with Crippen molar-refractivity contribution in [1.82, 2.24) is 8.97 Å². The first-order chi connectivity index (χ1) is 15.9. The Balaban J connectivity index is 1.70. The minimum absolute atomic E-state index is 0.0565. The summed E-state index contributed by atoms with van der Waals surface area (Å²) in [5.41, 5.74) is 0.884. The molecule has 0 radical (unpaired) electrons. The Morgan fingerprint density at radius 2 is 1.94 bits per heavy atom. The summed E-state index contributed by atoms with van der Waals surface area (Å²) in [6.07, 6.45) is 2.13. The van der Waals surface area contributed by atoms with Gasteiger partial charge in [0, 0.05) is 18.2 Å². The van der Waals surface area contributed by atoms with E-state index in [1.165, 1.54) is 21.8 Å². The Morgan fingerprint density at radius 1 is 1.15 bits per heavy atom. The average molecular weight is 461 g/mol. The summed E-state index contributed by atoms with van der Waals surface area (Å²) >= 11 is 1.28. The SMILES string of the molecule is COc1cccc(CC#Cc2cn3c(=O)n(Cc4ccccc4C(=O)O)c(=O)c(C)c3s2)c1. The fourth-order valence-electron chi connectivity index (χ4n) is 3.52. The number of carboxylic acids is 1. The molecule has 0 fully saturated rings. The maximum atomic E-state index is 13.1. The Kier molecular flexibility index (Phi) is 6.16. The van der Waals surface area contributed by atoms with Gasteiger partial charge < -0.3 is 9.84 Å². The zero-order chi connectivity index (χ0) is 23.5.